The second-order valence-electron chi connectivity index (χ2n) is 14.8. The summed E-state index contributed by atoms with van der Waals surface area (Å²) < 4.78 is 36.4. The van der Waals surface area contributed by atoms with Gasteiger partial charge in [0.1, 0.15) is 11.7 Å². The molecule has 0 bridgehead atoms. The van der Waals surface area contributed by atoms with Crippen molar-refractivity contribution in [3.05, 3.63) is 60.4 Å². The fourth-order valence-electron chi connectivity index (χ4n) is 8.73. The summed E-state index contributed by atoms with van der Waals surface area (Å²) >= 11 is 0. The van der Waals surface area contributed by atoms with Crippen molar-refractivity contribution < 1.29 is 18.3 Å². The van der Waals surface area contributed by atoms with E-state index in [1.54, 1.807) is 18.6 Å². The number of pyridine rings is 2. The van der Waals surface area contributed by atoms with Crippen molar-refractivity contribution in [2.45, 2.75) is 81.7 Å². The quantitative estimate of drug-likeness (QED) is 0.272. The van der Waals surface area contributed by atoms with Crippen LogP contribution in [-0.4, -0.2) is 98.9 Å². The van der Waals surface area contributed by atoms with Gasteiger partial charge >= 0.3 is 0 Å². The largest absolute Gasteiger partial charge is 0.378 e. The van der Waals surface area contributed by atoms with Crippen LogP contribution in [0, 0.1) is 5.82 Å². The molecule has 256 valence electrons. The van der Waals surface area contributed by atoms with Gasteiger partial charge in [-0.05, 0) is 82.8 Å². The molecular formula is C37H42F2N8O2. The first kappa shape index (κ1) is 31.0. The molecule has 3 aromatic heterocycles. The molecule has 1 amide bonds. The van der Waals surface area contributed by atoms with Gasteiger partial charge in [-0.1, -0.05) is 12.1 Å². The molecule has 1 aromatic carbocycles. The summed E-state index contributed by atoms with van der Waals surface area (Å²) in [5.41, 5.74) is 4.86. The predicted molar refractivity (Wildman–Crippen MR) is 183 cm³/mol. The number of fused-ring (bicyclic) bond motifs is 3. The molecule has 1 spiro atoms. The standard InChI is InChI=1S/C37H42F2N8O2/c1-22(2)46-21-41-32-16-31(43-35(34(32)46)42-30-5-9-40-17-29(30)39)23-3-4-28-33(13-23)47(26-14-25(15-26)45-10-6-24(38)18-45)36(48)37(28)7-11-44(12-8-37)27-19-49-20-27/h3-5,9,13,16-17,21-22,24-27H,6-8,10-12,14-15,18-20H2,1-2H3,(H,40,42,43)/t24-,25-,26+/m0/s1. The molecule has 10 nitrogen and oxygen atoms in total. The molecule has 0 unspecified atom stereocenters. The summed E-state index contributed by atoms with van der Waals surface area (Å²) in [6.07, 6.45) is 7.62. The van der Waals surface area contributed by atoms with Crippen LogP contribution in [0.5, 0.6) is 0 Å². The number of halogens is 2. The molecule has 1 N–H and O–H groups in total. The number of ether oxygens (including phenoxy) is 1. The number of hydrogen-bond donors (Lipinski definition) is 1. The molecule has 1 saturated carbocycles. The first-order valence-corrected chi connectivity index (χ1v) is 17.7. The maximum atomic E-state index is 14.8. The van der Waals surface area contributed by atoms with E-state index in [2.05, 4.69) is 57.0 Å². The average molecular weight is 669 g/mol. The highest BCUT2D eigenvalue weighted by Crippen LogP contribution is 2.52. The van der Waals surface area contributed by atoms with Gasteiger partial charge < -0.3 is 19.5 Å². The number of aromatic nitrogens is 4. The number of hydrogen-bond acceptors (Lipinski definition) is 8. The Bertz CT molecular complexity index is 1910. The molecule has 49 heavy (non-hydrogen) atoms. The number of amides is 1. The molecule has 9 rings (SSSR count). The molecule has 4 aliphatic heterocycles. The van der Waals surface area contributed by atoms with Crippen LogP contribution in [0.2, 0.25) is 0 Å². The second-order valence-corrected chi connectivity index (χ2v) is 14.8. The summed E-state index contributed by atoms with van der Waals surface area (Å²) in [7, 11) is 0. The third kappa shape index (κ3) is 5.05. The van der Waals surface area contributed by atoms with Gasteiger partial charge in [0.2, 0.25) is 5.91 Å². The summed E-state index contributed by atoms with van der Waals surface area (Å²) in [5.74, 6) is 0.229. The number of alkyl halides is 1. The monoisotopic (exact) mass is 668 g/mol. The Morgan fingerprint density at radius 1 is 1.02 bits per heavy atom. The fourth-order valence-corrected chi connectivity index (χ4v) is 8.73. The Kier molecular flexibility index (Phi) is 7.47. The molecule has 1 atom stereocenters. The topological polar surface area (TPSA) is 91.7 Å². The van der Waals surface area contributed by atoms with E-state index in [0.29, 0.717) is 36.6 Å². The van der Waals surface area contributed by atoms with E-state index in [-0.39, 0.29) is 23.7 Å². The van der Waals surface area contributed by atoms with Crippen LogP contribution in [-0.2, 0) is 14.9 Å². The second kappa shape index (κ2) is 11.8. The van der Waals surface area contributed by atoms with Crippen molar-refractivity contribution in [1.82, 2.24) is 29.3 Å². The highest BCUT2D eigenvalue weighted by molar-refractivity contribution is 6.09. The van der Waals surface area contributed by atoms with E-state index in [1.165, 1.54) is 6.20 Å². The number of likely N-dealkylation sites (tertiary alicyclic amines) is 2. The molecule has 7 heterocycles. The zero-order chi connectivity index (χ0) is 33.4. The minimum absolute atomic E-state index is 0.0756. The van der Waals surface area contributed by atoms with E-state index in [9.17, 15) is 13.6 Å². The highest BCUT2D eigenvalue weighted by Gasteiger charge is 2.56. The Hall–Kier alpha value is -4.00. The van der Waals surface area contributed by atoms with Gasteiger partial charge in [0.05, 0.1) is 54.1 Å². The average Bonchev–Trinajstić information content (AvgIpc) is 3.74. The Labute approximate surface area is 284 Å². The lowest BCUT2D eigenvalue weighted by Crippen LogP contribution is -2.59. The number of imidazole rings is 1. The van der Waals surface area contributed by atoms with Crippen LogP contribution in [0.3, 0.4) is 0 Å². The van der Waals surface area contributed by atoms with Crippen molar-refractivity contribution in [3.63, 3.8) is 0 Å². The number of rotatable bonds is 7. The number of benzene rings is 1. The van der Waals surface area contributed by atoms with Crippen molar-refractivity contribution >= 4 is 34.1 Å². The highest BCUT2D eigenvalue weighted by atomic mass is 19.1. The smallest absolute Gasteiger partial charge is 0.238 e. The third-order valence-electron chi connectivity index (χ3n) is 11.8. The van der Waals surface area contributed by atoms with E-state index < -0.39 is 17.4 Å². The van der Waals surface area contributed by atoms with Crippen LogP contribution in [0.4, 0.5) is 26.0 Å². The number of nitrogens with one attached hydrogen (secondary N) is 1. The Balaban J connectivity index is 1.10. The number of carbonyl (C=O) groups excluding carboxylic acids is 1. The minimum atomic E-state index is -0.753. The van der Waals surface area contributed by atoms with Crippen LogP contribution >= 0.6 is 0 Å². The van der Waals surface area contributed by atoms with E-state index >= 15 is 0 Å². The van der Waals surface area contributed by atoms with E-state index in [4.69, 9.17) is 14.7 Å². The van der Waals surface area contributed by atoms with Crippen LogP contribution in [0.1, 0.15) is 57.6 Å². The van der Waals surface area contributed by atoms with Gasteiger partial charge in [-0.15, -0.1) is 0 Å². The SMILES string of the molecule is CC(C)n1cnc2cc(-c3ccc4c(c3)N([C@H]3C[C@@H](N5CC[C@H](F)C5)C3)C(=O)C43CCN(C4COC4)CC3)nc(Nc3ccncc3F)c21. The number of anilines is 3. The van der Waals surface area contributed by atoms with E-state index in [1.807, 2.05) is 10.6 Å². The van der Waals surface area contributed by atoms with Gasteiger partial charge in [0.25, 0.3) is 0 Å². The maximum absolute atomic E-state index is 14.8. The number of carbonyl (C=O) groups is 1. The predicted octanol–water partition coefficient (Wildman–Crippen LogP) is 5.61. The zero-order valence-corrected chi connectivity index (χ0v) is 28.0. The van der Waals surface area contributed by atoms with Gasteiger partial charge in [-0.2, -0.15) is 0 Å². The van der Waals surface area contributed by atoms with Gasteiger partial charge in [-0.25, -0.2) is 18.7 Å². The summed E-state index contributed by atoms with van der Waals surface area (Å²) in [6.45, 7) is 8.70. The molecule has 0 radical (unpaired) electrons. The summed E-state index contributed by atoms with van der Waals surface area (Å²) in [6, 6.07) is 10.8. The van der Waals surface area contributed by atoms with Crippen molar-refractivity contribution in [1.29, 1.82) is 0 Å². The van der Waals surface area contributed by atoms with Gasteiger partial charge in [0, 0.05) is 48.7 Å². The van der Waals surface area contributed by atoms with Crippen LogP contribution in [0.25, 0.3) is 22.3 Å². The maximum Gasteiger partial charge on any atom is 0.238 e. The lowest BCUT2D eigenvalue weighted by molar-refractivity contribution is -0.128. The molecule has 4 aromatic rings. The normalized spacial score (nSPS) is 25.7. The zero-order valence-electron chi connectivity index (χ0n) is 28.0. The molecule has 5 aliphatic rings. The molecule has 3 saturated heterocycles. The van der Waals surface area contributed by atoms with Crippen molar-refractivity contribution in [2.24, 2.45) is 0 Å². The fraction of sp³-hybridized carbons (Fsp3) is 0.514. The Morgan fingerprint density at radius 3 is 2.53 bits per heavy atom. The molecule has 4 fully saturated rings. The molecular weight excluding hydrogens is 626 g/mol. The minimum Gasteiger partial charge on any atom is -0.378 e. The van der Waals surface area contributed by atoms with Crippen molar-refractivity contribution in [3.8, 4) is 11.3 Å². The van der Waals surface area contributed by atoms with Gasteiger partial charge in [-0.3, -0.25) is 19.6 Å². The lowest BCUT2D eigenvalue weighted by Gasteiger charge is -2.47. The van der Waals surface area contributed by atoms with E-state index in [0.717, 1.165) is 86.4 Å². The van der Waals surface area contributed by atoms with Crippen LogP contribution in [0.15, 0.2) is 49.1 Å². The molecule has 12 heteroatoms. The summed E-state index contributed by atoms with van der Waals surface area (Å²) in [5, 5.41) is 3.22. The first-order chi connectivity index (χ1) is 23.8. The third-order valence-corrected chi connectivity index (χ3v) is 11.8. The summed E-state index contributed by atoms with van der Waals surface area (Å²) in [4.78, 5) is 35.2. The van der Waals surface area contributed by atoms with Crippen molar-refractivity contribution in [2.75, 3.05) is 49.6 Å². The molecule has 1 aliphatic carbocycles. The lowest BCUT2D eigenvalue weighted by atomic mass is 9.73. The first-order valence-electron chi connectivity index (χ1n) is 17.7. The number of nitrogens with zero attached hydrogens (tertiary/aromatic N) is 7. The number of piperidine rings is 1. The Morgan fingerprint density at radius 2 is 1.84 bits per heavy atom. The van der Waals surface area contributed by atoms with Gasteiger partial charge in [0.15, 0.2) is 11.6 Å². The van der Waals surface area contributed by atoms with Crippen LogP contribution < -0.4 is 10.2 Å².